The summed E-state index contributed by atoms with van der Waals surface area (Å²) in [6, 6.07) is 4.28. The topological polar surface area (TPSA) is 33.0 Å². The van der Waals surface area contributed by atoms with Crippen molar-refractivity contribution in [2.24, 2.45) is 0 Å². The molecule has 1 aromatic carbocycles. The van der Waals surface area contributed by atoms with Gasteiger partial charge in [0.15, 0.2) is 0 Å². The van der Waals surface area contributed by atoms with Crippen LogP contribution in [0, 0.1) is 18.3 Å². The molecule has 1 rings (SSSR count). The number of nitriles is 1. The van der Waals surface area contributed by atoms with Gasteiger partial charge in [0.25, 0.3) is 0 Å². The van der Waals surface area contributed by atoms with Crippen LogP contribution in [-0.2, 0) is 6.42 Å². The zero-order valence-corrected chi connectivity index (χ0v) is 11.7. The van der Waals surface area contributed by atoms with E-state index in [1.807, 2.05) is 6.92 Å². The van der Waals surface area contributed by atoms with Crippen LogP contribution in [0.5, 0.6) is 5.75 Å². The Morgan fingerprint density at radius 3 is 2.56 bits per heavy atom. The number of hydrogen-bond donors (Lipinski definition) is 0. The first-order valence-corrected chi connectivity index (χ1v) is 6.05. The van der Waals surface area contributed by atoms with Crippen LogP contribution in [0.1, 0.15) is 36.5 Å². The van der Waals surface area contributed by atoms with Crippen LogP contribution in [0.2, 0.25) is 0 Å². The number of methoxy groups -OCH3 is 1. The van der Waals surface area contributed by atoms with Gasteiger partial charge in [0, 0.05) is 10.0 Å². The number of benzene rings is 1. The lowest BCUT2D eigenvalue weighted by Crippen LogP contribution is -2.02. The smallest absolute Gasteiger partial charge is 0.126 e. The van der Waals surface area contributed by atoms with Gasteiger partial charge in [0.2, 0.25) is 0 Å². The molecule has 0 unspecified atom stereocenters. The van der Waals surface area contributed by atoms with E-state index in [9.17, 15) is 0 Å². The van der Waals surface area contributed by atoms with E-state index >= 15 is 0 Å². The SMILES string of the molecule is COc1c(C(C)C)cc(Br)c(C)c1CC#N. The Labute approximate surface area is 105 Å². The van der Waals surface area contributed by atoms with E-state index in [1.54, 1.807) is 7.11 Å². The Bertz CT molecular complexity index is 433. The van der Waals surface area contributed by atoms with Crippen molar-refractivity contribution in [3.05, 3.63) is 27.2 Å². The molecular weight excluding hydrogens is 266 g/mol. The molecule has 0 aliphatic heterocycles. The number of halogens is 1. The highest BCUT2D eigenvalue weighted by Crippen LogP contribution is 2.36. The lowest BCUT2D eigenvalue weighted by molar-refractivity contribution is 0.403. The summed E-state index contributed by atoms with van der Waals surface area (Å²) in [6.45, 7) is 6.24. The first kappa shape index (κ1) is 13.1. The van der Waals surface area contributed by atoms with Crippen molar-refractivity contribution in [2.45, 2.75) is 33.1 Å². The van der Waals surface area contributed by atoms with E-state index in [-0.39, 0.29) is 0 Å². The van der Waals surface area contributed by atoms with Gasteiger partial charge in [-0.2, -0.15) is 5.26 Å². The minimum atomic E-state index is 0.379. The third-order valence-electron chi connectivity index (χ3n) is 2.71. The van der Waals surface area contributed by atoms with E-state index in [1.165, 1.54) is 0 Å². The summed E-state index contributed by atoms with van der Waals surface area (Å²) < 4.78 is 6.50. The molecule has 0 saturated heterocycles. The van der Waals surface area contributed by atoms with Crippen molar-refractivity contribution >= 4 is 15.9 Å². The van der Waals surface area contributed by atoms with Crippen LogP contribution >= 0.6 is 15.9 Å². The molecule has 0 amide bonds. The molecule has 0 radical (unpaired) electrons. The minimum absolute atomic E-state index is 0.379. The maximum absolute atomic E-state index is 8.86. The maximum Gasteiger partial charge on any atom is 0.126 e. The first-order valence-electron chi connectivity index (χ1n) is 5.25. The Balaban J connectivity index is 3.49. The molecule has 0 bridgehead atoms. The van der Waals surface area contributed by atoms with E-state index in [0.29, 0.717) is 12.3 Å². The predicted octanol–water partition coefficient (Wildman–Crippen LogP) is 3.96. The summed E-state index contributed by atoms with van der Waals surface area (Å²) in [5, 5.41) is 8.86. The van der Waals surface area contributed by atoms with Crippen molar-refractivity contribution in [1.82, 2.24) is 0 Å². The van der Waals surface area contributed by atoms with Crippen LogP contribution < -0.4 is 4.74 Å². The lowest BCUT2D eigenvalue weighted by Gasteiger charge is -2.18. The summed E-state index contributed by atoms with van der Waals surface area (Å²) in [4.78, 5) is 0. The lowest BCUT2D eigenvalue weighted by atomic mass is 9.95. The zero-order valence-electron chi connectivity index (χ0n) is 10.1. The third-order valence-corrected chi connectivity index (χ3v) is 3.54. The molecule has 0 heterocycles. The highest BCUT2D eigenvalue weighted by atomic mass is 79.9. The van der Waals surface area contributed by atoms with Crippen molar-refractivity contribution < 1.29 is 4.74 Å². The van der Waals surface area contributed by atoms with Crippen molar-refractivity contribution in [1.29, 1.82) is 5.26 Å². The van der Waals surface area contributed by atoms with Gasteiger partial charge in [-0.25, -0.2) is 0 Å². The van der Waals surface area contributed by atoms with Crippen LogP contribution in [0.3, 0.4) is 0 Å². The summed E-state index contributed by atoms with van der Waals surface area (Å²) in [6.07, 6.45) is 0.383. The third kappa shape index (κ3) is 2.38. The van der Waals surface area contributed by atoms with Gasteiger partial charge in [-0.3, -0.25) is 0 Å². The summed E-state index contributed by atoms with van der Waals surface area (Å²) in [5.41, 5.74) is 3.22. The molecule has 0 N–H and O–H groups in total. The van der Waals surface area contributed by atoms with Crippen molar-refractivity contribution in [3.8, 4) is 11.8 Å². The van der Waals surface area contributed by atoms with E-state index < -0.39 is 0 Å². The Morgan fingerprint density at radius 2 is 2.12 bits per heavy atom. The highest BCUT2D eigenvalue weighted by Gasteiger charge is 2.16. The van der Waals surface area contributed by atoms with E-state index in [4.69, 9.17) is 10.00 Å². The normalized spacial score (nSPS) is 10.3. The highest BCUT2D eigenvalue weighted by molar-refractivity contribution is 9.10. The molecule has 1 aromatic rings. The summed E-state index contributed by atoms with van der Waals surface area (Å²) in [5.74, 6) is 1.24. The van der Waals surface area contributed by atoms with Gasteiger partial charge in [-0.15, -0.1) is 0 Å². The summed E-state index contributed by atoms with van der Waals surface area (Å²) in [7, 11) is 1.66. The van der Waals surface area contributed by atoms with Gasteiger partial charge < -0.3 is 4.74 Å². The largest absolute Gasteiger partial charge is 0.496 e. The Kier molecular flexibility index (Phi) is 4.37. The molecule has 0 saturated carbocycles. The quantitative estimate of drug-likeness (QED) is 0.840. The van der Waals surface area contributed by atoms with Gasteiger partial charge in [0.1, 0.15) is 5.75 Å². The van der Waals surface area contributed by atoms with Crippen LogP contribution in [0.25, 0.3) is 0 Å². The molecule has 0 aliphatic rings. The number of hydrogen-bond acceptors (Lipinski definition) is 2. The van der Waals surface area contributed by atoms with Gasteiger partial charge in [-0.1, -0.05) is 29.8 Å². The average molecular weight is 282 g/mol. The van der Waals surface area contributed by atoms with Crippen molar-refractivity contribution in [3.63, 3.8) is 0 Å². The van der Waals surface area contributed by atoms with E-state index in [0.717, 1.165) is 26.9 Å². The van der Waals surface area contributed by atoms with Gasteiger partial charge in [-0.05, 0) is 30.0 Å². The number of ether oxygens (including phenoxy) is 1. The fraction of sp³-hybridized carbons (Fsp3) is 0.462. The number of rotatable bonds is 3. The molecule has 0 aromatic heterocycles. The standard InChI is InChI=1S/C13H16BrNO/c1-8(2)11-7-12(14)9(3)10(5-6-15)13(11)16-4/h7-8H,5H2,1-4H3. The fourth-order valence-corrected chi connectivity index (χ4v) is 2.25. The maximum atomic E-state index is 8.86. The molecule has 0 spiro atoms. The second-order valence-corrected chi connectivity index (χ2v) is 4.93. The molecule has 16 heavy (non-hydrogen) atoms. The van der Waals surface area contributed by atoms with Crippen LogP contribution in [0.15, 0.2) is 10.5 Å². The molecule has 0 aliphatic carbocycles. The molecule has 2 nitrogen and oxygen atoms in total. The van der Waals surface area contributed by atoms with Crippen LogP contribution in [0.4, 0.5) is 0 Å². The van der Waals surface area contributed by atoms with Crippen LogP contribution in [-0.4, -0.2) is 7.11 Å². The minimum Gasteiger partial charge on any atom is -0.496 e. The molecule has 0 fully saturated rings. The zero-order chi connectivity index (χ0) is 12.3. The molecule has 3 heteroatoms. The average Bonchev–Trinajstić information content (AvgIpc) is 2.24. The summed E-state index contributed by atoms with van der Waals surface area (Å²) >= 11 is 3.53. The molecular formula is C13H16BrNO. The first-order chi connectivity index (χ1) is 7.52. The molecule has 86 valence electrons. The van der Waals surface area contributed by atoms with Crippen molar-refractivity contribution in [2.75, 3.05) is 7.11 Å². The second kappa shape index (κ2) is 5.36. The monoisotopic (exact) mass is 281 g/mol. The fourth-order valence-electron chi connectivity index (χ4n) is 1.76. The Morgan fingerprint density at radius 1 is 1.50 bits per heavy atom. The number of nitrogens with zero attached hydrogens (tertiary/aromatic N) is 1. The predicted molar refractivity (Wildman–Crippen MR) is 68.8 cm³/mol. The second-order valence-electron chi connectivity index (χ2n) is 4.07. The molecule has 0 atom stereocenters. The van der Waals surface area contributed by atoms with Gasteiger partial charge >= 0.3 is 0 Å². The van der Waals surface area contributed by atoms with E-state index in [2.05, 4.69) is 41.9 Å². The Hall–Kier alpha value is -1.01. The van der Waals surface area contributed by atoms with Gasteiger partial charge in [0.05, 0.1) is 19.6 Å².